The molecule has 0 bridgehead atoms. The van der Waals surface area contributed by atoms with Gasteiger partial charge in [0.05, 0.1) is 17.7 Å². The van der Waals surface area contributed by atoms with Crippen molar-refractivity contribution in [1.29, 1.82) is 0 Å². The predicted molar refractivity (Wildman–Crippen MR) is 250 cm³/mol. The van der Waals surface area contributed by atoms with Crippen molar-refractivity contribution in [2.45, 2.75) is 87.5 Å². The van der Waals surface area contributed by atoms with E-state index in [9.17, 15) is 0 Å². The number of anilines is 2. The lowest BCUT2D eigenvalue weighted by Crippen LogP contribution is -2.30. The van der Waals surface area contributed by atoms with Crippen LogP contribution in [0.1, 0.15) is 85.9 Å². The smallest absolute Gasteiger partial charge is 0.137 e. The summed E-state index contributed by atoms with van der Waals surface area (Å²) in [7, 11) is 0. The van der Waals surface area contributed by atoms with Gasteiger partial charge in [0, 0.05) is 57.8 Å². The third-order valence-electron chi connectivity index (χ3n) is 11.3. The Hall–Kier alpha value is -5.81. The number of ether oxygens (including phenoxy) is 1. The molecule has 8 rings (SSSR count). The number of hydrogen-bond donors (Lipinski definition) is 0. The van der Waals surface area contributed by atoms with Gasteiger partial charge in [0.15, 0.2) is 0 Å². The molecule has 0 amide bonds. The first kappa shape index (κ1) is 40.0. The van der Waals surface area contributed by atoms with Crippen LogP contribution in [0, 0.1) is 17.3 Å². The highest BCUT2D eigenvalue weighted by molar-refractivity contribution is 6.09. The maximum atomic E-state index is 6.93. The van der Waals surface area contributed by atoms with E-state index in [1.54, 1.807) is 0 Å². The zero-order chi connectivity index (χ0) is 41.6. The van der Waals surface area contributed by atoms with Crippen LogP contribution in [0.15, 0.2) is 139 Å². The molecule has 3 heterocycles. The number of aromatic nitrogens is 2. The third-order valence-corrected chi connectivity index (χ3v) is 11.3. The van der Waals surface area contributed by atoms with Gasteiger partial charge in [-0.3, -0.25) is 4.57 Å². The molecular weight excluding hydrogens is 721 g/mol. The Morgan fingerprint density at radius 3 is 1.95 bits per heavy atom. The maximum absolute atomic E-state index is 6.93. The summed E-state index contributed by atoms with van der Waals surface area (Å²) < 4.78 is 9.21. The van der Waals surface area contributed by atoms with Crippen LogP contribution in [0.4, 0.5) is 11.4 Å². The van der Waals surface area contributed by atoms with Gasteiger partial charge in [-0.05, 0) is 113 Å². The monoisotopic (exact) mass is 780 g/mol. The Bertz CT molecular complexity index is 2620. The zero-order valence-electron chi connectivity index (χ0n) is 36.7. The maximum Gasteiger partial charge on any atom is 0.137 e. The van der Waals surface area contributed by atoms with Crippen molar-refractivity contribution in [2.24, 2.45) is 17.3 Å². The average molecular weight is 781 g/mol. The van der Waals surface area contributed by atoms with E-state index in [0.717, 1.165) is 58.0 Å². The highest BCUT2D eigenvalue weighted by Gasteiger charge is 2.32. The highest BCUT2D eigenvalue weighted by Crippen LogP contribution is 2.42. The summed E-state index contributed by atoms with van der Waals surface area (Å²) in [5.41, 5.74) is 12.1. The van der Waals surface area contributed by atoms with E-state index in [0.29, 0.717) is 18.5 Å². The first-order chi connectivity index (χ1) is 28.1. The number of nitrogens with zero attached hydrogens (tertiary/aromatic N) is 4. The number of hydrogen-bond acceptors (Lipinski definition) is 4. The number of rotatable bonds is 10. The van der Waals surface area contributed by atoms with Crippen molar-refractivity contribution >= 4 is 33.2 Å². The molecule has 59 heavy (non-hydrogen) atoms. The second-order valence-electron chi connectivity index (χ2n) is 19.4. The molecule has 0 unspecified atom stereocenters. The Labute approximate surface area is 352 Å². The minimum Gasteiger partial charge on any atom is -0.457 e. The molecule has 0 saturated carbocycles. The largest absolute Gasteiger partial charge is 0.457 e. The van der Waals surface area contributed by atoms with E-state index in [1.165, 1.54) is 38.8 Å². The fraction of sp³-hybridized carbons (Fsp3) is 0.315. The lowest BCUT2D eigenvalue weighted by Gasteiger charge is -2.31. The van der Waals surface area contributed by atoms with Gasteiger partial charge in [0.25, 0.3) is 0 Å². The Balaban J connectivity index is 1.21. The number of benzene rings is 5. The van der Waals surface area contributed by atoms with Crippen LogP contribution < -0.4 is 14.5 Å². The lowest BCUT2D eigenvalue weighted by molar-refractivity contribution is 0.483. The van der Waals surface area contributed by atoms with Gasteiger partial charge in [0.1, 0.15) is 17.3 Å². The number of pyridine rings is 1. The molecule has 1 aliphatic rings. The molecule has 5 nitrogen and oxygen atoms in total. The van der Waals surface area contributed by atoms with E-state index >= 15 is 0 Å². The molecule has 0 radical (unpaired) electrons. The third kappa shape index (κ3) is 8.52. The number of fused-ring (bicyclic) bond motifs is 3. The Kier molecular flexibility index (Phi) is 10.7. The summed E-state index contributed by atoms with van der Waals surface area (Å²) in [6.07, 6.45) is 6.42. The molecule has 0 spiro atoms. The van der Waals surface area contributed by atoms with Crippen molar-refractivity contribution in [3.8, 4) is 28.4 Å². The fourth-order valence-electron chi connectivity index (χ4n) is 8.55. The van der Waals surface area contributed by atoms with E-state index in [2.05, 4.69) is 211 Å². The molecule has 7 aromatic rings. The first-order valence-corrected chi connectivity index (χ1v) is 21.4. The standard InChI is InChI=1S/C54H60N4O/c1-36(2)24-38-26-39(25-37(3)4)28-44(27-38)57-35-56(34-51(57)54(8,9)10)43-29-41(40-16-12-11-13-17-40)30-46(32-43)59-45-20-21-48-47-18-14-15-19-49(47)58(50(48)33-45)52-31-42(22-23-55-52)53(5,6)7/h11-23,26-34,36-37H,24-25,35H2,1-10H3. The summed E-state index contributed by atoms with van der Waals surface area (Å²) in [6.45, 7) is 23.7. The molecule has 0 saturated heterocycles. The van der Waals surface area contributed by atoms with Crippen molar-refractivity contribution in [2.75, 3.05) is 16.5 Å². The van der Waals surface area contributed by atoms with Crippen LogP contribution >= 0.6 is 0 Å². The van der Waals surface area contributed by atoms with Gasteiger partial charge < -0.3 is 14.5 Å². The summed E-state index contributed by atoms with van der Waals surface area (Å²) >= 11 is 0. The van der Waals surface area contributed by atoms with Gasteiger partial charge in [-0.2, -0.15) is 0 Å². The van der Waals surface area contributed by atoms with Crippen molar-refractivity contribution in [3.05, 3.63) is 156 Å². The summed E-state index contributed by atoms with van der Waals surface area (Å²) in [4.78, 5) is 9.82. The van der Waals surface area contributed by atoms with Crippen LogP contribution in [0.3, 0.4) is 0 Å². The molecule has 0 atom stereocenters. The number of allylic oxidation sites excluding steroid dienone is 1. The van der Waals surface area contributed by atoms with E-state index in [1.807, 2.05) is 6.20 Å². The van der Waals surface area contributed by atoms with Crippen LogP contribution in [-0.4, -0.2) is 16.2 Å². The molecule has 2 aromatic heterocycles. The van der Waals surface area contributed by atoms with Gasteiger partial charge in [-0.25, -0.2) is 4.98 Å². The van der Waals surface area contributed by atoms with Crippen LogP contribution in [0.2, 0.25) is 0 Å². The first-order valence-electron chi connectivity index (χ1n) is 21.4. The summed E-state index contributed by atoms with van der Waals surface area (Å²) in [5, 5.41) is 2.36. The molecule has 0 N–H and O–H groups in total. The summed E-state index contributed by atoms with van der Waals surface area (Å²) in [5.74, 6) is 3.64. The van der Waals surface area contributed by atoms with Gasteiger partial charge in [0.2, 0.25) is 0 Å². The predicted octanol–water partition coefficient (Wildman–Crippen LogP) is 14.5. The average Bonchev–Trinajstić information content (AvgIpc) is 3.78. The summed E-state index contributed by atoms with van der Waals surface area (Å²) in [6, 6.07) is 44.0. The normalized spacial score (nSPS) is 13.7. The Morgan fingerprint density at radius 1 is 0.593 bits per heavy atom. The van der Waals surface area contributed by atoms with Crippen molar-refractivity contribution in [3.63, 3.8) is 0 Å². The quantitative estimate of drug-likeness (QED) is 0.138. The second kappa shape index (κ2) is 15.7. The molecule has 1 aliphatic heterocycles. The van der Waals surface area contributed by atoms with Crippen LogP contribution in [0.5, 0.6) is 11.5 Å². The molecule has 302 valence electrons. The molecular formula is C54H60N4O. The van der Waals surface area contributed by atoms with E-state index in [4.69, 9.17) is 9.72 Å². The molecule has 0 aliphatic carbocycles. The van der Waals surface area contributed by atoms with Gasteiger partial charge in [-0.1, -0.05) is 124 Å². The van der Waals surface area contributed by atoms with Crippen molar-refractivity contribution < 1.29 is 4.74 Å². The van der Waals surface area contributed by atoms with Crippen LogP contribution in [0.25, 0.3) is 38.8 Å². The van der Waals surface area contributed by atoms with Gasteiger partial charge in [-0.15, -0.1) is 0 Å². The topological polar surface area (TPSA) is 33.5 Å². The minimum atomic E-state index is -0.0769. The van der Waals surface area contributed by atoms with Gasteiger partial charge >= 0.3 is 0 Å². The zero-order valence-corrected chi connectivity index (χ0v) is 36.7. The molecule has 5 heteroatoms. The molecule has 0 fully saturated rings. The second-order valence-corrected chi connectivity index (χ2v) is 19.4. The highest BCUT2D eigenvalue weighted by atomic mass is 16.5. The fourth-order valence-corrected chi connectivity index (χ4v) is 8.55. The van der Waals surface area contributed by atoms with Crippen molar-refractivity contribution in [1.82, 2.24) is 9.55 Å². The van der Waals surface area contributed by atoms with Crippen LogP contribution in [-0.2, 0) is 18.3 Å². The minimum absolute atomic E-state index is 0.00407. The Morgan fingerprint density at radius 2 is 1.27 bits per heavy atom. The van der Waals surface area contributed by atoms with E-state index < -0.39 is 0 Å². The lowest BCUT2D eigenvalue weighted by atomic mass is 9.88. The number of para-hydroxylation sites is 1. The SMILES string of the molecule is CC(C)Cc1cc(CC(C)C)cc(N2CN(c3cc(Oc4ccc5c6ccccc6n(-c6cc(C(C)(C)C)ccn6)c5c4)cc(-c4ccccc4)c3)C=C2C(C)(C)C)c1. The van der Waals surface area contributed by atoms with E-state index in [-0.39, 0.29) is 10.8 Å². The molecule has 5 aromatic carbocycles.